The summed E-state index contributed by atoms with van der Waals surface area (Å²) in [6, 6.07) is 8.34. The molecule has 1 aromatic carbocycles. The van der Waals surface area contributed by atoms with Gasteiger partial charge >= 0.3 is 7.25 Å². The molecule has 0 radical (unpaired) electrons. The summed E-state index contributed by atoms with van der Waals surface area (Å²) in [5.74, 6) is 1.10. The second kappa shape index (κ2) is 4.59. The van der Waals surface area contributed by atoms with E-state index in [9.17, 15) is 0 Å². The Bertz CT molecular complexity index is 562. The van der Waals surface area contributed by atoms with Gasteiger partial charge in [0.05, 0.1) is 25.8 Å². The molecule has 0 spiro atoms. The summed E-state index contributed by atoms with van der Waals surface area (Å²) in [7, 11) is 1.73. The first-order valence-electron chi connectivity index (χ1n) is 6.13. The SMILES string of the molecule is Cc1ccccc1-c1n(C)cc[n+]1B1OCCO1. The average molecular weight is 243 g/mol. The largest absolute Gasteiger partial charge is 0.726 e. The fraction of sp³-hybridized carbons (Fsp3) is 0.308. The molecule has 2 aromatic rings. The second-order valence-electron chi connectivity index (χ2n) is 4.50. The molecule has 0 bridgehead atoms. The van der Waals surface area contributed by atoms with Crippen LogP contribution in [0.1, 0.15) is 5.56 Å². The summed E-state index contributed by atoms with van der Waals surface area (Å²) < 4.78 is 15.3. The van der Waals surface area contributed by atoms with Crippen LogP contribution in [-0.2, 0) is 16.4 Å². The molecule has 1 aromatic heterocycles. The maximum atomic E-state index is 5.58. The summed E-state index contributed by atoms with van der Waals surface area (Å²) in [4.78, 5) is 0. The minimum Gasteiger partial charge on any atom is -0.367 e. The molecule has 0 saturated carbocycles. The lowest BCUT2D eigenvalue weighted by Crippen LogP contribution is -2.53. The molecule has 1 fully saturated rings. The predicted molar refractivity (Wildman–Crippen MR) is 68.8 cm³/mol. The highest BCUT2D eigenvalue weighted by atomic mass is 16.6. The Kier molecular flexibility index (Phi) is 2.93. The molecule has 1 saturated heterocycles. The lowest BCUT2D eigenvalue weighted by atomic mass is 10.0. The fourth-order valence-corrected chi connectivity index (χ4v) is 2.32. The minimum absolute atomic E-state index is 0.305. The van der Waals surface area contributed by atoms with Crippen molar-refractivity contribution in [1.82, 2.24) is 4.57 Å². The molecule has 0 aliphatic carbocycles. The average Bonchev–Trinajstić information content (AvgIpc) is 2.99. The molecule has 0 atom stereocenters. The molecule has 0 N–H and O–H groups in total. The minimum atomic E-state index is -0.305. The summed E-state index contributed by atoms with van der Waals surface area (Å²) >= 11 is 0. The van der Waals surface area contributed by atoms with Crippen LogP contribution >= 0.6 is 0 Å². The predicted octanol–water partition coefficient (Wildman–Crippen LogP) is 1.17. The van der Waals surface area contributed by atoms with Crippen molar-refractivity contribution >= 4 is 7.25 Å². The van der Waals surface area contributed by atoms with E-state index in [0.717, 1.165) is 5.82 Å². The highest BCUT2D eigenvalue weighted by molar-refractivity contribution is 6.34. The van der Waals surface area contributed by atoms with Gasteiger partial charge in [0, 0.05) is 0 Å². The van der Waals surface area contributed by atoms with E-state index in [0.29, 0.717) is 13.2 Å². The molecule has 1 aliphatic heterocycles. The zero-order valence-corrected chi connectivity index (χ0v) is 10.7. The van der Waals surface area contributed by atoms with Gasteiger partial charge in [0.15, 0.2) is 0 Å². The number of aryl methyl sites for hydroxylation is 2. The highest BCUT2D eigenvalue weighted by Gasteiger charge is 2.38. The van der Waals surface area contributed by atoms with Crippen molar-refractivity contribution in [2.75, 3.05) is 13.2 Å². The van der Waals surface area contributed by atoms with E-state index in [1.165, 1.54) is 11.1 Å². The van der Waals surface area contributed by atoms with Crippen molar-refractivity contribution in [3.63, 3.8) is 0 Å². The van der Waals surface area contributed by atoms with Gasteiger partial charge in [-0.1, -0.05) is 18.2 Å². The first-order valence-corrected chi connectivity index (χ1v) is 6.13. The Morgan fingerprint density at radius 2 is 1.94 bits per heavy atom. The van der Waals surface area contributed by atoms with Gasteiger partial charge in [-0.05, 0) is 18.6 Å². The molecule has 2 heterocycles. The number of rotatable bonds is 2. The molecule has 5 heteroatoms. The van der Waals surface area contributed by atoms with Crippen LogP contribution in [0.2, 0.25) is 0 Å². The number of hydrogen-bond donors (Lipinski definition) is 0. The number of imidazole rings is 1. The standard InChI is InChI=1S/C13H16BN2O2/c1-11-5-3-4-6-12(11)13-15(2)7-8-16(13)14-17-9-10-18-14/h3-8H,9-10H2,1-2H3/q+1. The topological polar surface area (TPSA) is 27.3 Å². The maximum absolute atomic E-state index is 5.58. The van der Waals surface area contributed by atoms with Crippen LogP contribution in [-0.4, -0.2) is 25.0 Å². The normalized spacial score (nSPS) is 15.3. The monoisotopic (exact) mass is 243 g/mol. The van der Waals surface area contributed by atoms with Crippen LogP contribution in [0.4, 0.5) is 0 Å². The lowest BCUT2D eigenvalue weighted by Gasteiger charge is -2.06. The molecule has 18 heavy (non-hydrogen) atoms. The highest BCUT2D eigenvalue weighted by Crippen LogP contribution is 2.20. The molecular weight excluding hydrogens is 227 g/mol. The van der Waals surface area contributed by atoms with Gasteiger partial charge < -0.3 is 9.31 Å². The van der Waals surface area contributed by atoms with Crippen molar-refractivity contribution in [2.45, 2.75) is 6.92 Å². The van der Waals surface area contributed by atoms with Gasteiger partial charge in [-0.2, -0.15) is 0 Å². The van der Waals surface area contributed by atoms with Gasteiger partial charge in [-0.25, -0.2) is 9.05 Å². The van der Waals surface area contributed by atoms with Crippen LogP contribution < -0.4 is 4.48 Å². The van der Waals surface area contributed by atoms with Crippen LogP contribution in [0.25, 0.3) is 11.4 Å². The maximum Gasteiger partial charge on any atom is 0.726 e. The van der Waals surface area contributed by atoms with Crippen molar-refractivity contribution in [3.05, 3.63) is 42.2 Å². The molecule has 0 amide bonds. The second-order valence-corrected chi connectivity index (χ2v) is 4.50. The number of nitrogens with zero attached hydrogens (tertiary/aromatic N) is 2. The lowest BCUT2D eigenvalue weighted by molar-refractivity contribution is -0.549. The van der Waals surface area contributed by atoms with Crippen LogP contribution in [0.15, 0.2) is 36.7 Å². The van der Waals surface area contributed by atoms with Gasteiger partial charge in [0.1, 0.15) is 12.4 Å². The zero-order chi connectivity index (χ0) is 12.5. The third-order valence-electron chi connectivity index (χ3n) is 3.25. The van der Waals surface area contributed by atoms with E-state index in [-0.39, 0.29) is 7.25 Å². The zero-order valence-electron chi connectivity index (χ0n) is 10.7. The summed E-state index contributed by atoms with van der Waals surface area (Å²) in [5.41, 5.74) is 2.44. The van der Waals surface area contributed by atoms with Crippen molar-refractivity contribution in [3.8, 4) is 11.4 Å². The van der Waals surface area contributed by atoms with E-state index in [1.54, 1.807) is 0 Å². The molecule has 1 aliphatic rings. The summed E-state index contributed by atoms with van der Waals surface area (Å²) in [5, 5.41) is 0. The summed E-state index contributed by atoms with van der Waals surface area (Å²) in [6.45, 7) is 3.42. The van der Waals surface area contributed by atoms with Crippen molar-refractivity contribution in [1.29, 1.82) is 0 Å². The number of benzene rings is 1. The number of aromatic nitrogens is 2. The Hall–Kier alpha value is -1.59. The van der Waals surface area contributed by atoms with Gasteiger partial charge in [-0.3, -0.25) is 0 Å². The smallest absolute Gasteiger partial charge is 0.367 e. The Morgan fingerprint density at radius 3 is 2.67 bits per heavy atom. The van der Waals surface area contributed by atoms with Crippen molar-refractivity contribution in [2.24, 2.45) is 7.05 Å². The third kappa shape index (κ3) is 1.85. The molecule has 4 nitrogen and oxygen atoms in total. The van der Waals surface area contributed by atoms with Gasteiger partial charge in [-0.15, -0.1) is 0 Å². The fourth-order valence-electron chi connectivity index (χ4n) is 2.32. The molecule has 0 unspecified atom stereocenters. The van der Waals surface area contributed by atoms with E-state index in [2.05, 4.69) is 35.8 Å². The Labute approximate surface area is 107 Å². The van der Waals surface area contributed by atoms with Crippen LogP contribution in [0.3, 0.4) is 0 Å². The Balaban J connectivity index is 2.11. The van der Waals surface area contributed by atoms with Gasteiger partial charge in [0.25, 0.3) is 5.82 Å². The van der Waals surface area contributed by atoms with Crippen LogP contribution in [0, 0.1) is 6.92 Å². The van der Waals surface area contributed by atoms with Gasteiger partial charge in [0.2, 0.25) is 0 Å². The van der Waals surface area contributed by atoms with E-state index in [4.69, 9.17) is 9.31 Å². The Morgan fingerprint density at radius 1 is 1.22 bits per heavy atom. The summed E-state index contributed by atoms with van der Waals surface area (Å²) in [6.07, 6.45) is 4.02. The van der Waals surface area contributed by atoms with Crippen molar-refractivity contribution < 1.29 is 13.8 Å². The van der Waals surface area contributed by atoms with E-state index >= 15 is 0 Å². The quantitative estimate of drug-likeness (QED) is 0.740. The van der Waals surface area contributed by atoms with Crippen LogP contribution in [0.5, 0.6) is 0 Å². The molecular formula is C13H16BN2O2+. The van der Waals surface area contributed by atoms with E-state index in [1.807, 2.05) is 23.9 Å². The number of hydrogen-bond acceptors (Lipinski definition) is 2. The third-order valence-corrected chi connectivity index (χ3v) is 3.25. The first-order chi connectivity index (χ1) is 8.77. The molecule has 3 rings (SSSR count). The molecule has 92 valence electrons. The first kappa shape index (κ1) is 11.5. The van der Waals surface area contributed by atoms with E-state index < -0.39 is 0 Å².